The zero-order chi connectivity index (χ0) is 16.1. The molecule has 118 valence electrons. The van der Waals surface area contributed by atoms with Crippen molar-refractivity contribution >= 4 is 28.8 Å². The van der Waals surface area contributed by atoms with Gasteiger partial charge in [0.05, 0.1) is 5.75 Å². The number of hydrogen-bond acceptors (Lipinski definition) is 4. The van der Waals surface area contributed by atoms with Crippen LogP contribution in [0.2, 0.25) is 0 Å². The van der Waals surface area contributed by atoms with E-state index in [0.29, 0.717) is 23.8 Å². The minimum atomic E-state index is -0.264. The average molecular weight is 330 g/mol. The lowest BCUT2D eigenvalue weighted by atomic mass is 10.1. The van der Waals surface area contributed by atoms with Gasteiger partial charge < -0.3 is 9.73 Å². The number of oxazole rings is 1. The van der Waals surface area contributed by atoms with Crippen LogP contribution in [-0.2, 0) is 11.2 Å². The molecule has 0 aliphatic heterocycles. The molecule has 0 aliphatic carbocycles. The summed E-state index contributed by atoms with van der Waals surface area (Å²) in [4.78, 5) is 16.1. The Morgan fingerprint density at radius 2 is 2.09 bits per heavy atom. The fourth-order valence-corrected chi connectivity index (χ4v) is 2.80. The molecule has 3 aromatic rings. The Kier molecular flexibility index (Phi) is 4.92. The van der Waals surface area contributed by atoms with Crippen LogP contribution in [-0.4, -0.2) is 23.2 Å². The van der Waals surface area contributed by atoms with Crippen molar-refractivity contribution in [2.45, 2.75) is 11.6 Å². The Morgan fingerprint density at radius 3 is 2.91 bits per heavy atom. The van der Waals surface area contributed by atoms with Gasteiger partial charge >= 0.3 is 0 Å². The molecule has 2 aromatic carbocycles. The van der Waals surface area contributed by atoms with Gasteiger partial charge in [0.15, 0.2) is 5.58 Å². The Bertz CT molecular complexity index is 786. The molecule has 1 N–H and O–H groups in total. The van der Waals surface area contributed by atoms with E-state index in [1.807, 2.05) is 30.3 Å². The Morgan fingerprint density at radius 1 is 1.22 bits per heavy atom. The molecule has 6 heteroatoms. The number of amides is 1. The minimum absolute atomic E-state index is 0.103. The second-order valence-corrected chi connectivity index (χ2v) is 5.89. The summed E-state index contributed by atoms with van der Waals surface area (Å²) in [5.74, 6) is -0.135. The molecule has 0 fully saturated rings. The monoisotopic (exact) mass is 330 g/mol. The van der Waals surface area contributed by atoms with E-state index in [0.717, 1.165) is 11.1 Å². The molecule has 0 aliphatic rings. The number of thioether (sulfide) groups is 1. The predicted octanol–water partition coefficient (Wildman–Crippen LogP) is 3.42. The van der Waals surface area contributed by atoms with E-state index in [-0.39, 0.29) is 17.5 Å². The van der Waals surface area contributed by atoms with Gasteiger partial charge in [-0.1, -0.05) is 36.0 Å². The molecule has 1 aromatic heterocycles. The Hall–Kier alpha value is -2.34. The van der Waals surface area contributed by atoms with Crippen LogP contribution in [0.4, 0.5) is 4.39 Å². The number of nitrogens with zero attached hydrogens (tertiary/aromatic N) is 1. The third-order valence-corrected chi connectivity index (χ3v) is 4.05. The standard InChI is InChI=1S/C17H15FN2O2S/c18-13-5-3-4-12(10-13)8-9-19-16(21)11-23-17-20-14-6-1-2-7-15(14)22-17/h1-7,10H,8-9,11H2,(H,19,21). The fourth-order valence-electron chi connectivity index (χ4n) is 2.13. The summed E-state index contributed by atoms with van der Waals surface area (Å²) >= 11 is 1.25. The van der Waals surface area contributed by atoms with Crippen molar-refractivity contribution in [1.29, 1.82) is 0 Å². The number of benzene rings is 2. The maximum atomic E-state index is 13.0. The lowest BCUT2D eigenvalue weighted by Gasteiger charge is -2.04. The van der Waals surface area contributed by atoms with Crippen molar-refractivity contribution in [1.82, 2.24) is 10.3 Å². The van der Waals surface area contributed by atoms with Crippen molar-refractivity contribution in [3.63, 3.8) is 0 Å². The van der Waals surface area contributed by atoms with Crippen LogP contribution < -0.4 is 5.32 Å². The van der Waals surface area contributed by atoms with Gasteiger partial charge in [-0.3, -0.25) is 4.79 Å². The number of carbonyl (C=O) groups is 1. The van der Waals surface area contributed by atoms with Gasteiger partial charge in [0.25, 0.3) is 5.22 Å². The molecule has 1 amide bonds. The number of hydrogen-bond donors (Lipinski definition) is 1. The molecule has 0 radical (unpaired) electrons. The summed E-state index contributed by atoms with van der Waals surface area (Å²) in [6.45, 7) is 0.469. The summed E-state index contributed by atoms with van der Waals surface area (Å²) in [6, 6.07) is 13.8. The smallest absolute Gasteiger partial charge is 0.257 e. The Labute approximate surface area is 137 Å². The first-order valence-electron chi connectivity index (χ1n) is 7.20. The lowest BCUT2D eigenvalue weighted by Crippen LogP contribution is -2.27. The summed E-state index contributed by atoms with van der Waals surface area (Å²) in [5, 5.41) is 3.28. The van der Waals surface area contributed by atoms with Crippen molar-refractivity contribution in [2.75, 3.05) is 12.3 Å². The molecule has 0 spiro atoms. The van der Waals surface area contributed by atoms with Gasteiger partial charge in [0.1, 0.15) is 11.3 Å². The molecule has 0 saturated carbocycles. The average Bonchev–Trinajstić information content (AvgIpc) is 2.96. The van der Waals surface area contributed by atoms with Crippen LogP contribution in [0.3, 0.4) is 0 Å². The van der Waals surface area contributed by atoms with Crippen molar-refractivity contribution < 1.29 is 13.6 Å². The lowest BCUT2D eigenvalue weighted by molar-refractivity contribution is -0.118. The van der Waals surface area contributed by atoms with E-state index in [1.54, 1.807) is 6.07 Å². The van der Waals surface area contributed by atoms with Crippen LogP contribution in [0, 0.1) is 5.82 Å². The maximum Gasteiger partial charge on any atom is 0.257 e. The van der Waals surface area contributed by atoms with Crippen molar-refractivity contribution in [3.8, 4) is 0 Å². The van der Waals surface area contributed by atoms with E-state index < -0.39 is 0 Å². The van der Waals surface area contributed by atoms with Gasteiger partial charge in [-0.2, -0.15) is 0 Å². The first-order chi connectivity index (χ1) is 11.2. The van der Waals surface area contributed by atoms with Crippen molar-refractivity contribution in [2.24, 2.45) is 0 Å². The van der Waals surface area contributed by atoms with Crippen molar-refractivity contribution in [3.05, 3.63) is 59.9 Å². The van der Waals surface area contributed by atoms with Gasteiger partial charge in [-0.05, 0) is 36.2 Å². The first kappa shape index (κ1) is 15.6. The fraction of sp³-hybridized carbons (Fsp3) is 0.176. The van der Waals surface area contributed by atoms with Crippen LogP contribution in [0.5, 0.6) is 0 Å². The van der Waals surface area contributed by atoms with Gasteiger partial charge in [-0.25, -0.2) is 9.37 Å². The second kappa shape index (κ2) is 7.28. The summed E-state index contributed by atoms with van der Waals surface area (Å²) in [6.07, 6.45) is 0.594. The van der Waals surface area contributed by atoms with Gasteiger partial charge in [-0.15, -0.1) is 0 Å². The first-order valence-corrected chi connectivity index (χ1v) is 8.19. The Balaban J connectivity index is 1.44. The normalized spacial score (nSPS) is 10.8. The number of rotatable bonds is 6. The summed E-state index contributed by atoms with van der Waals surface area (Å²) in [7, 11) is 0. The third kappa shape index (κ3) is 4.32. The van der Waals surface area contributed by atoms with E-state index in [9.17, 15) is 9.18 Å². The number of para-hydroxylation sites is 2. The summed E-state index contributed by atoms with van der Waals surface area (Å²) < 4.78 is 18.6. The zero-order valence-corrected chi connectivity index (χ0v) is 13.1. The molecule has 0 atom stereocenters. The number of halogens is 1. The van der Waals surface area contributed by atoms with Crippen LogP contribution in [0.25, 0.3) is 11.1 Å². The van der Waals surface area contributed by atoms with Gasteiger partial charge in [0, 0.05) is 6.54 Å². The van der Waals surface area contributed by atoms with E-state index in [4.69, 9.17) is 4.42 Å². The van der Waals surface area contributed by atoms with E-state index >= 15 is 0 Å². The van der Waals surface area contributed by atoms with E-state index in [2.05, 4.69) is 10.3 Å². The molecular weight excluding hydrogens is 315 g/mol. The number of fused-ring (bicyclic) bond motifs is 1. The molecule has 3 rings (SSSR count). The highest BCUT2D eigenvalue weighted by atomic mass is 32.2. The van der Waals surface area contributed by atoms with Crippen LogP contribution in [0.1, 0.15) is 5.56 Å². The van der Waals surface area contributed by atoms with Crippen LogP contribution >= 0.6 is 11.8 Å². The van der Waals surface area contributed by atoms with E-state index in [1.165, 1.54) is 23.9 Å². The van der Waals surface area contributed by atoms with Crippen LogP contribution in [0.15, 0.2) is 58.2 Å². The van der Waals surface area contributed by atoms with Gasteiger partial charge in [0.2, 0.25) is 5.91 Å². The molecule has 0 bridgehead atoms. The zero-order valence-electron chi connectivity index (χ0n) is 12.3. The minimum Gasteiger partial charge on any atom is -0.431 e. The molecule has 23 heavy (non-hydrogen) atoms. The molecular formula is C17H15FN2O2S. The highest BCUT2D eigenvalue weighted by molar-refractivity contribution is 7.99. The number of nitrogens with one attached hydrogen (secondary N) is 1. The second-order valence-electron chi connectivity index (χ2n) is 4.97. The predicted molar refractivity (Wildman–Crippen MR) is 87.8 cm³/mol. The highest BCUT2D eigenvalue weighted by Gasteiger charge is 2.08. The number of carbonyl (C=O) groups excluding carboxylic acids is 1. The molecule has 0 saturated heterocycles. The molecule has 4 nitrogen and oxygen atoms in total. The SMILES string of the molecule is O=C(CSc1nc2ccccc2o1)NCCc1cccc(F)c1. The summed E-state index contributed by atoms with van der Waals surface area (Å²) in [5.41, 5.74) is 2.35. The molecule has 1 heterocycles. The highest BCUT2D eigenvalue weighted by Crippen LogP contribution is 2.22. The topological polar surface area (TPSA) is 55.1 Å². The third-order valence-electron chi connectivity index (χ3n) is 3.23. The largest absolute Gasteiger partial charge is 0.431 e. The maximum absolute atomic E-state index is 13.0. The quantitative estimate of drug-likeness (QED) is 0.704. The number of aromatic nitrogens is 1. The molecule has 0 unspecified atom stereocenters.